The Kier molecular flexibility index (Phi) is 5.56. The quantitative estimate of drug-likeness (QED) is 0.507. The molecule has 0 atom stereocenters. The van der Waals surface area contributed by atoms with Gasteiger partial charge in [-0.2, -0.15) is 0 Å². The predicted octanol–water partition coefficient (Wildman–Crippen LogP) is 0.116. The number of urea groups is 1. The van der Waals surface area contributed by atoms with Gasteiger partial charge in [-0.1, -0.05) is 0 Å². The van der Waals surface area contributed by atoms with Gasteiger partial charge in [0.15, 0.2) is 0 Å². The van der Waals surface area contributed by atoms with E-state index < -0.39 is 5.97 Å². The molecule has 0 radical (unpaired) electrons. The minimum atomic E-state index is -0.856. The van der Waals surface area contributed by atoms with Gasteiger partial charge in [-0.05, 0) is 6.42 Å². The molecule has 0 saturated heterocycles. The van der Waals surface area contributed by atoms with Crippen molar-refractivity contribution in [2.45, 2.75) is 19.3 Å². The molecule has 1 aromatic heterocycles. The molecule has 0 fully saturated rings. The summed E-state index contributed by atoms with van der Waals surface area (Å²) in [5.74, 6) is -0.0406. The lowest BCUT2D eigenvalue weighted by Gasteiger charge is -2.05. The molecular weight excluding hydrogens is 224 g/mol. The van der Waals surface area contributed by atoms with E-state index in [0.717, 1.165) is 5.82 Å². The minimum Gasteiger partial charge on any atom is -0.481 e. The van der Waals surface area contributed by atoms with Crippen molar-refractivity contribution >= 4 is 12.0 Å². The summed E-state index contributed by atoms with van der Waals surface area (Å²) in [4.78, 5) is 28.4. The molecule has 0 bridgehead atoms. The summed E-state index contributed by atoms with van der Waals surface area (Å²) in [6, 6.07) is -0.290. The third kappa shape index (κ3) is 6.18. The van der Waals surface area contributed by atoms with E-state index in [2.05, 4.69) is 20.6 Å². The molecule has 0 aliphatic carbocycles. The first-order chi connectivity index (χ1) is 8.18. The van der Waals surface area contributed by atoms with Crippen molar-refractivity contribution in [2.24, 2.45) is 0 Å². The third-order valence-corrected chi connectivity index (χ3v) is 2.06. The fourth-order valence-corrected chi connectivity index (χ4v) is 1.23. The van der Waals surface area contributed by atoms with Crippen LogP contribution in [0.2, 0.25) is 0 Å². The van der Waals surface area contributed by atoms with Crippen molar-refractivity contribution in [3.63, 3.8) is 0 Å². The van der Waals surface area contributed by atoms with Crippen LogP contribution >= 0.6 is 0 Å². The van der Waals surface area contributed by atoms with E-state index >= 15 is 0 Å². The Balaban J connectivity index is 1.99. The van der Waals surface area contributed by atoms with Gasteiger partial charge in [0.05, 0.1) is 0 Å². The average Bonchev–Trinajstić information content (AvgIpc) is 2.77. The van der Waals surface area contributed by atoms with Crippen molar-refractivity contribution < 1.29 is 14.7 Å². The number of carbonyl (C=O) groups excluding carboxylic acids is 1. The first-order valence-corrected chi connectivity index (χ1v) is 5.40. The summed E-state index contributed by atoms with van der Waals surface area (Å²) in [7, 11) is 0. The van der Waals surface area contributed by atoms with Crippen molar-refractivity contribution in [2.75, 3.05) is 13.1 Å². The van der Waals surface area contributed by atoms with E-state index in [4.69, 9.17) is 5.11 Å². The molecule has 0 aliphatic heterocycles. The number of rotatable bonds is 7. The number of nitrogens with zero attached hydrogens (tertiary/aromatic N) is 1. The van der Waals surface area contributed by atoms with E-state index in [1.54, 1.807) is 12.4 Å². The summed E-state index contributed by atoms with van der Waals surface area (Å²) >= 11 is 0. The highest BCUT2D eigenvalue weighted by Gasteiger charge is 2.01. The molecule has 7 heteroatoms. The molecule has 17 heavy (non-hydrogen) atoms. The fraction of sp³-hybridized carbons (Fsp3) is 0.500. The SMILES string of the molecule is O=C(O)CCCNC(=O)NCCc1ncc[nH]1. The van der Waals surface area contributed by atoms with E-state index in [1.165, 1.54) is 0 Å². The summed E-state index contributed by atoms with van der Waals surface area (Å²) in [6.07, 6.45) is 4.51. The maximum absolute atomic E-state index is 11.2. The molecule has 0 saturated carbocycles. The summed E-state index contributed by atoms with van der Waals surface area (Å²) < 4.78 is 0. The number of imidazole rings is 1. The highest BCUT2D eigenvalue weighted by atomic mass is 16.4. The molecule has 7 nitrogen and oxygen atoms in total. The summed E-state index contributed by atoms with van der Waals surface area (Å²) in [6.45, 7) is 0.844. The Hall–Kier alpha value is -2.05. The van der Waals surface area contributed by atoms with E-state index in [-0.39, 0.29) is 12.5 Å². The van der Waals surface area contributed by atoms with Crippen LogP contribution in [0.25, 0.3) is 0 Å². The number of carboxylic acid groups (broad SMARTS) is 1. The first-order valence-electron chi connectivity index (χ1n) is 5.40. The summed E-state index contributed by atoms with van der Waals surface area (Å²) in [5.41, 5.74) is 0. The fourth-order valence-electron chi connectivity index (χ4n) is 1.23. The van der Waals surface area contributed by atoms with Gasteiger partial charge in [0, 0.05) is 38.3 Å². The van der Waals surface area contributed by atoms with Gasteiger partial charge in [0.2, 0.25) is 0 Å². The van der Waals surface area contributed by atoms with Crippen molar-refractivity contribution in [1.82, 2.24) is 20.6 Å². The number of carboxylic acids is 1. The smallest absolute Gasteiger partial charge is 0.314 e. The van der Waals surface area contributed by atoms with Crippen LogP contribution in [0.15, 0.2) is 12.4 Å². The highest BCUT2D eigenvalue weighted by Crippen LogP contribution is 1.88. The second-order valence-corrected chi connectivity index (χ2v) is 3.47. The maximum atomic E-state index is 11.2. The van der Waals surface area contributed by atoms with E-state index in [0.29, 0.717) is 25.9 Å². The number of carbonyl (C=O) groups is 2. The predicted molar refractivity (Wildman–Crippen MR) is 60.6 cm³/mol. The number of nitrogens with one attached hydrogen (secondary N) is 3. The van der Waals surface area contributed by atoms with Gasteiger partial charge in [0.25, 0.3) is 0 Å². The normalized spacial score (nSPS) is 9.88. The Morgan fingerprint density at radius 3 is 2.76 bits per heavy atom. The van der Waals surface area contributed by atoms with Gasteiger partial charge in [-0.15, -0.1) is 0 Å². The second-order valence-electron chi connectivity index (χ2n) is 3.47. The number of hydrogen-bond acceptors (Lipinski definition) is 3. The van der Waals surface area contributed by atoms with Crippen molar-refractivity contribution in [1.29, 1.82) is 0 Å². The van der Waals surface area contributed by atoms with Crippen LogP contribution in [-0.4, -0.2) is 40.2 Å². The molecule has 0 unspecified atom stereocenters. The van der Waals surface area contributed by atoms with Crippen LogP contribution in [0.1, 0.15) is 18.7 Å². The molecule has 2 amide bonds. The maximum Gasteiger partial charge on any atom is 0.314 e. The monoisotopic (exact) mass is 240 g/mol. The zero-order chi connectivity index (χ0) is 12.5. The lowest BCUT2D eigenvalue weighted by Crippen LogP contribution is -2.37. The van der Waals surface area contributed by atoms with Crippen LogP contribution in [-0.2, 0) is 11.2 Å². The molecule has 0 aromatic carbocycles. The van der Waals surface area contributed by atoms with E-state index in [9.17, 15) is 9.59 Å². The third-order valence-electron chi connectivity index (χ3n) is 2.06. The Morgan fingerprint density at radius 1 is 1.35 bits per heavy atom. The average molecular weight is 240 g/mol. The van der Waals surface area contributed by atoms with Crippen molar-refractivity contribution in [3.05, 3.63) is 18.2 Å². The Bertz CT molecular complexity index is 350. The first kappa shape index (κ1) is 13.0. The van der Waals surface area contributed by atoms with Gasteiger partial charge < -0.3 is 20.7 Å². The Labute approximate surface area is 98.6 Å². The molecule has 0 spiro atoms. The molecule has 1 aromatic rings. The van der Waals surface area contributed by atoms with Crippen molar-refractivity contribution in [3.8, 4) is 0 Å². The molecule has 1 heterocycles. The lowest BCUT2D eigenvalue weighted by atomic mass is 10.3. The largest absolute Gasteiger partial charge is 0.481 e. The van der Waals surface area contributed by atoms with Crippen LogP contribution in [0.4, 0.5) is 4.79 Å². The second kappa shape index (κ2) is 7.26. The zero-order valence-corrected chi connectivity index (χ0v) is 9.40. The number of hydrogen-bond donors (Lipinski definition) is 4. The molecule has 0 aliphatic rings. The number of aromatic nitrogens is 2. The van der Waals surface area contributed by atoms with Crippen LogP contribution in [0.3, 0.4) is 0 Å². The Morgan fingerprint density at radius 2 is 2.12 bits per heavy atom. The number of amides is 2. The van der Waals surface area contributed by atoms with Crippen LogP contribution in [0, 0.1) is 0 Å². The zero-order valence-electron chi connectivity index (χ0n) is 9.40. The molecular formula is C10H16N4O3. The van der Waals surface area contributed by atoms with Gasteiger partial charge in [0.1, 0.15) is 5.82 Å². The van der Waals surface area contributed by atoms with Gasteiger partial charge in [-0.25, -0.2) is 9.78 Å². The minimum absolute atomic E-state index is 0.0622. The highest BCUT2D eigenvalue weighted by molar-refractivity contribution is 5.73. The number of H-pyrrole nitrogens is 1. The standard InChI is InChI=1S/C10H16N4O3/c15-9(16)2-1-4-13-10(17)14-5-3-8-11-6-7-12-8/h6-7H,1-5H2,(H,11,12)(H,15,16)(H2,13,14,17). The van der Waals surface area contributed by atoms with Crippen LogP contribution < -0.4 is 10.6 Å². The summed E-state index contributed by atoms with van der Waals surface area (Å²) in [5, 5.41) is 13.6. The lowest BCUT2D eigenvalue weighted by molar-refractivity contribution is -0.137. The number of aliphatic carboxylic acids is 1. The van der Waals surface area contributed by atoms with Gasteiger partial charge in [-0.3, -0.25) is 4.79 Å². The van der Waals surface area contributed by atoms with E-state index in [1.807, 2.05) is 0 Å². The topological polar surface area (TPSA) is 107 Å². The molecule has 4 N–H and O–H groups in total. The van der Waals surface area contributed by atoms with Gasteiger partial charge >= 0.3 is 12.0 Å². The molecule has 94 valence electrons. The number of aromatic amines is 1. The van der Waals surface area contributed by atoms with Crippen LogP contribution in [0.5, 0.6) is 0 Å². The molecule has 1 rings (SSSR count).